The van der Waals surface area contributed by atoms with Gasteiger partial charge < -0.3 is 5.73 Å². The van der Waals surface area contributed by atoms with Gasteiger partial charge in [-0.2, -0.15) is 0 Å². The lowest BCUT2D eigenvalue weighted by atomic mass is 9.80. The summed E-state index contributed by atoms with van der Waals surface area (Å²) in [6, 6.07) is 0. The first-order valence-electron chi connectivity index (χ1n) is 4.92. The summed E-state index contributed by atoms with van der Waals surface area (Å²) in [7, 11) is 0. The number of rotatable bonds is 4. The second-order valence-electron chi connectivity index (χ2n) is 3.82. The molecule has 0 bridgehead atoms. The number of carbonyl (C=O) groups excluding carboxylic acids is 1. The highest BCUT2D eigenvalue weighted by molar-refractivity contribution is 5.85. The van der Waals surface area contributed by atoms with Crippen molar-refractivity contribution in [1.82, 2.24) is 0 Å². The summed E-state index contributed by atoms with van der Waals surface area (Å²) in [5, 5.41) is 0. The molecule has 1 rings (SSSR count). The molecular formula is C11H17NO. The number of hydrogen-bond donors (Lipinski definition) is 1. The third kappa shape index (κ3) is 2.10. The lowest BCUT2D eigenvalue weighted by molar-refractivity contribution is -0.127. The van der Waals surface area contributed by atoms with Crippen molar-refractivity contribution in [3.63, 3.8) is 0 Å². The molecule has 0 heterocycles. The molecule has 0 aromatic rings. The SMILES string of the molecule is C#CCCC(=O)C1(CN)CCCC1. The van der Waals surface area contributed by atoms with E-state index in [4.69, 9.17) is 12.2 Å². The molecular weight excluding hydrogens is 162 g/mol. The van der Waals surface area contributed by atoms with E-state index in [-0.39, 0.29) is 11.2 Å². The molecule has 0 spiro atoms. The fraction of sp³-hybridized carbons (Fsp3) is 0.727. The zero-order valence-electron chi connectivity index (χ0n) is 8.01. The highest BCUT2D eigenvalue weighted by Gasteiger charge is 2.38. The van der Waals surface area contributed by atoms with Crippen LogP contribution in [0.4, 0.5) is 0 Å². The zero-order valence-corrected chi connectivity index (χ0v) is 8.01. The summed E-state index contributed by atoms with van der Waals surface area (Å²) in [5.74, 6) is 2.78. The van der Waals surface area contributed by atoms with Gasteiger partial charge in [0.1, 0.15) is 5.78 Å². The van der Waals surface area contributed by atoms with Gasteiger partial charge in [0.25, 0.3) is 0 Å². The van der Waals surface area contributed by atoms with Crippen LogP contribution in [-0.2, 0) is 4.79 Å². The van der Waals surface area contributed by atoms with Crippen molar-refractivity contribution in [2.24, 2.45) is 11.1 Å². The Morgan fingerprint density at radius 3 is 2.54 bits per heavy atom. The molecule has 1 aliphatic carbocycles. The standard InChI is InChI=1S/C11H17NO/c1-2-3-6-10(13)11(9-12)7-4-5-8-11/h1H,3-9,12H2. The van der Waals surface area contributed by atoms with Crippen molar-refractivity contribution in [3.8, 4) is 12.3 Å². The molecule has 0 aliphatic heterocycles. The van der Waals surface area contributed by atoms with Crippen LogP contribution in [0.3, 0.4) is 0 Å². The van der Waals surface area contributed by atoms with Gasteiger partial charge in [-0.25, -0.2) is 0 Å². The predicted molar refractivity (Wildman–Crippen MR) is 53.0 cm³/mol. The van der Waals surface area contributed by atoms with Crippen LogP contribution < -0.4 is 5.73 Å². The maximum atomic E-state index is 11.8. The summed E-state index contributed by atoms with van der Waals surface area (Å²) >= 11 is 0. The number of terminal acetylenes is 1. The quantitative estimate of drug-likeness (QED) is 0.664. The largest absolute Gasteiger partial charge is 0.329 e. The molecule has 72 valence electrons. The Morgan fingerprint density at radius 1 is 1.46 bits per heavy atom. The van der Waals surface area contributed by atoms with Gasteiger partial charge in [-0.05, 0) is 12.8 Å². The number of hydrogen-bond acceptors (Lipinski definition) is 2. The Kier molecular flexibility index (Phi) is 3.50. The van der Waals surface area contributed by atoms with E-state index in [1.165, 1.54) is 0 Å². The van der Waals surface area contributed by atoms with Crippen molar-refractivity contribution in [3.05, 3.63) is 0 Å². The fourth-order valence-corrected chi connectivity index (χ4v) is 2.10. The first-order chi connectivity index (χ1) is 6.25. The van der Waals surface area contributed by atoms with E-state index >= 15 is 0 Å². The van der Waals surface area contributed by atoms with Crippen molar-refractivity contribution in [1.29, 1.82) is 0 Å². The van der Waals surface area contributed by atoms with Crippen LogP contribution in [0.2, 0.25) is 0 Å². The highest BCUT2D eigenvalue weighted by Crippen LogP contribution is 2.38. The molecule has 0 atom stereocenters. The summed E-state index contributed by atoms with van der Waals surface area (Å²) in [5.41, 5.74) is 5.46. The molecule has 0 aromatic carbocycles. The molecule has 2 nitrogen and oxygen atoms in total. The van der Waals surface area contributed by atoms with E-state index in [9.17, 15) is 4.79 Å². The Balaban J connectivity index is 2.55. The summed E-state index contributed by atoms with van der Waals surface area (Å²) in [6.07, 6.45) is 10.4. The van der Waals surface area contributed by atoms with Crippen LogP contribution in [0.25, 0.3) is 0 Å². The minimum absolute atomic E-state index is 0.211. The molecule has 1 fully saturated rings. The van der Waals surface area contributed by atoms with Gasteiger partial charge in [0.2, 0.25) is 0 Å². The molecule has 1 saturated carbocycles. The van der Waals surface area contributed by atoms with E-state index < -0.39 is 0 Å². The topological polar surface area (TPSA) is 43.1 Å². The Hall–Kier alpha value is -0.810. The van der Waals surface area contributed by atoms with Crippen molar-refractivity contribution in [2.75, 3.05) is 6.54 Å². The summed E-state index contributed by atoms with van der Waals surface area (Å²) < 4.78 is 0. The lowest BCUT2D eigenvalue weighted by Crippen LogP contribution is -2.35. The maximum Gasteiger partial charge on any atom is 0.141 e. The molecule has 0 amide bonds. The predicted octanol–water partition coefficient (Wildman–Crippen LogP) is 1.49. The van der Waals surface area contributed by atoms with Gasteiger partial charge in [0, 0.05) is 24.8 Å². The summed E-state index contributed by atoms with van der Waals surface area (Å²) in [6.45, 7) is 0.496. The fourth-order valence-electron chi connectivity index (χ4n) is 2.10. The van der Waals surface area contributed by atoms with Gasteiger partial charge in [-0.1, -0.05) is 12.8 Å². The normalized spacial score (nSPS) is 19.7. The smallest absolute Gasteiger partial charge is 0.141 e. The Morgan fingerprint density at radius 2 is 2.08 bits per heavy atom. The van der Waals surface area contributed by atoms with Crippen LogP contribution in [0.15, 0.2) is 0 Å². The minimum atomic E-state index is -0.211. The first kappa shape index (κ1) is 10.3. The van der Waals surface area contributed by atoms with Gasteiger partial charge in [0.05, 0.1) is 0 Å². The van der Waals surface area contributed by atoms with Gasteiger partial charge in [0.15, 0.2) is 0 Å². The first-order valence-corrected chi connectivity index (χ1v) is 4.92. The second-order valence-corrected chi connectivity index (χ2v) is 3.82. The van der Waals surface area contributed by atoms with Crippen LogP contribution in [0.5, 0.6) is 0 Å². The number of carbonyl (C=O) groups is 1. The highest BCUT2D eigenvalue weighted by atomic mass is 16.1. The van der Waals surface area contributed by atoms with Gasteiger partial charge in [-0.3, -0.25) is 4.79 Å². The van der Waals surface area contributed by atoms with E-state index in [1.54, 1.807) is 0 Å². The molecule has 2 heteroatoms. The molecule has 1 aliphatic rings. The molecule has 0 saturated heterocycles. The number of Topliss-reactive ketones (excluding diaryl/α,β-unsaturated/α-hetero) is 1. The van der Waals surface area contributed by atoms with E-state index in [1.807, 2.05) is 0 Å². The summed E-state index contributed by atoms with van der Waals surface area (Å²) in [4.78, 5) is 11.8. The third-order valence-electron chi connectivity index (χ3n) is 3.04. The van der Waals surface area contributed by atoms with E-state index in [0.717, 1.165) is 25.7 Å². The monoisotopic (exact) mass is 179 g/mol. The Bertz CT molecular complexity index is 221. The van der Waals surface area contributed by atoms with Crippen LogP contribution in [0.1, 0.15) is 38.5 Å². The Labute approximate surface area is 79.9 Å². The van der Waals surface area contributed by atoms with E-state index in [2.05, 4.69) is 5.92 Å². The average Bonchev–Trinajstić information content (AvgIpc) is 2.63. The maximum absolute atomic E-state index is 11.8. The van der Waals surface area contributed by atoms with Crippen molar-refractivity contribution in [2.45, 2.75) is 38.5 Å². The zero-order chi connectivity index (χ0) is 9.73. The second kappa shape index (κ2) is 4.43. The van der Waals surface area contributed by atoms with Gasteiger partial charge >= 0.3 is 0 Å². The van der Waals surface area contributed by atoms with Crippen molar-refractivity contribution >= 4 is 5.78 Å². The van der Waals surface area contributed by atoms with E-state index in [0.29, 0.717) is 19.4 Å². The number of nitrogens with two attached hydrogens (primary N) is 1. The number of ketones is 1. The molecule has 0 unspecified atom stereocenters. The molecule has 13 heavy (non-hydrogen) atoms. The van der Waals surface area contributed by atoms with Gasteiger partial charge in [-0.15, -0.1) is 12.3 Å². The van der Waals surface area contributed by atoms with Crippen LogP contribution >= 0.6 is 0 Å². The minimum Gasteiger partial charge on any atom is -0.329 e. The third-order valence-corrected chi connectivity index (χ3v) is 3.04. The lowest BCUT2D eigenvalue weighted by Gasteiger charge is -2.24. The average molecular weight is 179 g/mol. The van der Waals surface area contributed by atoms with Crippen molar-refractivity contribution < 1.29 is 4.79 Å². The molecule has 0 radical (unpaired) electrons. The molecule has 0 aromatic heterocycles. The van der Waals surface area contributed by atoms with Crippen LogP contribution in [0, 0.1) is 17.8 Å². The molecule has 2 N–H and O–H groups in total. The van der Waals surface area contributed by atoms with Crippen LogP contribution in [-0.4, -0.2) is 12.3 Å².